The zero-order chi connectivity index (χ0) is 58.3. The number of aliphatic hydroxyl groups excluding tert-OH is 2. The summed E-state index contributed by atoms with van der Waals surface area (Å²) < 4.78 is 0. The Balaban J connectivity index is 2.68. The molecule has 0 bridgehead atoms. The Labute approximate surface area is 457 Å². The second-order valence-electron chi connectivity index (χ2n) is 20.2. The fraction of sp³-hybridized carbons (Fsp3) is 0.692. The van der Waals surface area contributed by atoms with Crippen molar-refractivity contribution in [2.24, 2.45) is 28.9 Å². The van der Waals surface area contributed by atoms with E-state index in [-0.39, 0.29) is 77.0 Å². The third kappa shape index (κ3) is 24.6. The summed E-state index contributed by atoms with van der Waals surface area (Å²) in [7, 11) is 0. The molecule has 0 unspecified atom stereocenters. The highest BCUT2D eigenvalue weighted by Gasteiger charge is 2.37. The van der Waals surface area contributed by atoms with Gasteiger partial charge >= 0.3 is 0 Å². The molecule has 11 atom stereocenters. The van der Waals surface area contributed by atoms with E-state index in [2.05, 4.69) is 60.1 Å². The van der Waals surface area contributed by atoms with Crippen molar-refractivity contribution in [3.05, 3.63) is 35.9 Å². The number of nitrogens with one attached hydrogen (secondary N) is 10. The van der Waals surface area contributed by atoms with E-state index in [1.54, 1.807) is 44.2 Å². The smallest absolute Gasteiger partial charge is 0.245 e. The zero-order valence-electron chi connectivity index (χ0n) is 46.0. The third-order valence-electron chi connectivity index (χ3n) is 12.9. The molecule has 2 rings (SSSR count). The van der Waals surface area contributed by atoms with E-state index < -0.39 is 139 Å². The summed E-state index contributed by atoms with van der Waals surface area (Å²) in [6.45, 7) is 7.21. The number of hydrogen-bond acceptors (Lipinski definition) is 16. The molecule has 78 heavy (non-hydrogen) atoms. The minimum absolute atomic E-state index is 0.0628. The molecule has 20 N–H and O–H groups in total. The first-order valence-electron chi connectivity index (χ1n) is 27.3. The first-order valence-corrected chi connectivity index (χ1v) is 27.3. The summed E-state index contributed by atoms with van der Waals surface area (Å²) >= 11 is 0. The van der Waals surface area contributed by atoms with Crippen molar-refractivity contribution in [1.29, 1.82) is 0 Å². The van der Waals surface area contributed by atoms with Crippen molar-refractivity contribution >= 4 is 59.1 Å². The van der Waals surface area contributed by atoms with E-state index in [1.807, 2.05) is 0 Å². The van der Waals surface area contributed by atoms with E-state index in [0.29, 0.717) is 12.0 Å². The third-order valence-corrected chi connectivity index (χ3v) is 12.9. The summed E-state index contributed by atoms with van der Waals surface area (Å²) in [4.78, 5) is 139. The Kier molecular flexibility index (Phi) is 31.9. The molecule has 1 aliphatic heterocycles. The number of rotatable bonds is 26. The summed E-state index contributed by atoms with van der Waals surface area (Å²) in [5.41, 5.74) is 24.1. The standard InChI is InChI=1S/C52H90N14O12/c1-6-7-8-9-10-14-17-41(69)65-43(32(5)68)52(78)62-36(20-25-55)45(71)61-38-22-27-57-51(77)42(31(4)67)66-48(74)37(21-26-56)59-44(70)34(18-23-53)60-49(75)39(28-30(2)3)63-50(76)40(29-33-15-12-11-13-16-33)64-46(72)35(19-24-54)58-47(38)73/h11-13,15-16,30-32,34-40,42-43,67-68H,6-10,14,17-29,53-56H2,1-5H3,(H,57,77)(H,58,73)(H,59,70)(H,60,75)(H,61,71)(H,62,78)(H,63,76)(H,64,72)(H,65,69)(H,66,74)/t31-,32-,34+,35+,36+,37+,38+,39+,40-,42+,43+/m1/s1. The second kappa shape index (κ2) is 36.7. The van der Waals surface area contributed by atoms with Crippen LogP contribution in [-0.2, 0) is 54.4 Å². The molecule has 440 valence electrons. The van der Waals surface area contributed by atoms with E-state index >= 15 is 0 Å². The van der Waals surface area contributed by atoms with Crippen molar-refractivity contribution < 1.29 is 58.2 Å². The van der Waals surface area contributed by atoms with Gasteiger partial charge in [-0.15, -0.1) is 0 Å². The van der Waals surface area contributed by atoms with Crippen LogP contribution < -0.4 is 76.1 Å². The maximum absolute atomic E-state index is 14.4. The topological polar surface area (TPSA) is 436 Å². The number of benzene rings is 1. The number of nitrogens with two attached hydrogens (primary N) is 4. The highest BCUT2D eigenvalue weighted by molar-refractivity contribution is 5.99. The molecule has 10 amide bonds. The molecule has 0 saturated carbocycles. The van der Waals surface area contributed by atoms with Gasteiger partial charge in [-0.25, -0.2) is 0 Å². The molecule has 1 aliphatic rings. The zero-order valence-corrected chi connectivity index (χ0v) is 46.0. The van der Waals surface area contributed by atoms with E-state index in [9.17, 15) is 58.2 Å². The monoisotopic (exact) mass is 1100 g/mol. The van der Waals surface area contributed by atoms with Crippen LogP contribution in [0.25, 0.3) is 0 Å². The van der Waals surface area contributed by atoms with Crippen molar-refractivity contribution in [2.45, 2.75) is 191 Å². The van der Waals surface area contributed by atoms with Gasteiger partial charge in [0.2, 0.25) is 59.1 Å². The van der Waals surface area contributed by atoms with Gasteiger partial charge in [-0.2, -0.15) is 0 Å². The molecular weight excluding hydrogens is 1010 g/mol. The average molecular weight is 1100 g/mol. The van der Waals surface area contributed by atoms with E-state index in [1.165, 1.54) is 13.8 Å². The predicted molar refractivity (Wildman–Crippen MR) is 291 cm³/mol. The second-order valence-corrected chi connectivity index (χ2v) is 20.2. The number of hydrogen-bond donors (Lipinski definition) is 16. The van der Waals surface area contributed by atoms with Crippen molar-refractivity contribution in [1.82, 2.24) is 53.2 Å². The quantitative estimate of drug-likeness (QED) is 0.0394. The molecule has 0 aromatic heterocycles. The van der Waals surface area contributed by atoms with Crippen LogP contribution in [0.3, 0.4) is 0 Å². The van der Waals surface area contributed by atoms with E-state index in [0.717, 1.165) is 32.1 Å². The van der Waals surface area contributed by atoms with Gasteiger partial charge in [0.15, 0.2) is 0 Å². The van der Waals surface area contributed by atoms with Crippen LogP contribution in [0.5, 0.6) is 0 Å². The maximum Gasteiger partial charge on any atom is 0.245 e. The van der Waals surface area contributed by atoms with Crippen molar-refractivity contribution in [2.75, 3.05) is 32.7 Å². The fourth-order valence-corrected chi connectivity index (χ4v) is 8.49. The number of aliphatic hydroxyl groups is 2. The van der Waals surface area contributed by atoms with Gasteiger partial charge in [0.25, 0.3) is 0 Å². The molecule has 1 aromatic carbocycles. The Morgan fingerprint density at radius 2 is 1.10 bits per heavy atom. The van der Waals surface area contributed by atoms with Gasteiger partial charge in [0.05, 0.1) is 12.2 Å². The van der Waals surface area contributed by atoms with Crippen LogP contribution in [0.2, 0.25) is 0 Å². The highest BCUT2D eigenvalue weighted by Crippen LogP contribution is 2.12. The fourth-order valence-electron chi connectivity index (χ4n) is 8.49. The van der Waals surface area contributed by atoms with Crippen LogP contribution in [0.4, 0.5) is 0 Å². The van der Waals surface area contributed by atoms with Crippen LogP contribution in [0.15, 0.2) is 30.3 Å². The molecule has 26 nitrogen and oxygen atoms in total. The van der Waals surface area contributed by atoms with Crippen molar-refractivity contribution in [3.63, 3.8) is 0 Å². The molecule has 0 aliphatic carbocycles. The number of carbonyl (C=O) groups is 10. The lowest BCUT2D eigenvalue weighted by atomic mass is 10.00. The van der Waals surface area contributed by atoms with Gasteiger partial charge in [-0.05, 0) is 96.5 Å². The molecule has 0 spiro atoms. The molecule has 1 saturated heterocycles. The van der Waals surface area contributed by atoms with Crippen LogP contribution >= 0.6 is 0 Å². The Hall–Kier alpha value is -6.32. The predicted octanol–water partition coefficient (Wildman–Crippen LogP) is -3.93. The van der Waals surface area contributed by atoms with Gasteiger partial charge in [0, 0.05) is 19.4 Å². The largest absolute Gasteiger partial charge is 0.391 e. The summed E-state index contributed by atoms with van der Waals surface area (Å²) in [6.07, 6.45) is 1.50. The molecule has 1 heterocycles. The lowest BCUT2D eigenvalue weighted by Crippen LogP contribution is -2.61. The van der Waals surface area contributed by atoms with Crippen LogP contribution in [-0.4, -0.2) is 169 Å². The summed E-state index contributed by atoms with van der Waals surface area (Å²) in [5, 5.41) is 47.0. The van der Waals surface area contributed by atoms with Gasteiger partial charge < -0.3 is 86.3 Å². The average Bonchev–Trinajstić information content (AvgIpc) is 3.38. The lowest BCUT2D eigenvalue weighted by molar-refractivity contribution is -0.136. The Bertz CT molecular complexity index is 2080. The highest BCUT2D eigenvalue weighted by atomic mass is 16.3. The summed E-state index contributed by atoms with van der Waals surface area (Å²) in [6, 6.07) is -4.44. The Morgan fingerprint density at radius 1 is 0.603 bits per heavy atom. The van der Waals surface area contributed by atoms with Gasteiger partial charge in [-0.3, -0.25) is 47.9 Å². The number of unbranched alkanes of at least 4 members (excludes halogenated alkanes) is 5. The normalized spacial score (nSPS) is 23.1. The van der Waals surface area contributed by atoms with Crippen molar-refractivity contribution in [3.8, 4) is 0 Å². The lowest BCUT2D eigenvalue weighted by Gasteiger charge is -2.28. The summed E-state index contributed by atoms with van der Waals surface area (Å²) in [5.74, 6) is -8.78. The molecule has 0 radical (unpaired) electrons. The van der Waals surface area contributed by atoms with Gasteiger partial charge in [-0.1, -0.05) is 83.2 Å². The maximum atomic E-state index is 14.4. The molecular formula is C52H90N14O12. The Morgan fingerprint density at radius 3 is 1.63 bits per heavy atom. The SMILES string of the molecule is CCCCCCCCC(=O)N[C@H](C(=O)N[C@@H](CCN)C(=O)N[C@H]1CCNC(=O)[C@H]([C@@H](C)O)NC(=O)[C@H](CCN)NC(=O)[C@H](CCN)NC(=O)[C@H](CC(C)C)NC(=O)[C@@H](Cc2ccccc2)NC(=O)[C@H](CCN)NC1=O)[C@@H](C)O. The first-order chi connectivity index (χ1) is 37.1. The van der Waals surface area contributed by atoms with Gasteiger partial charge in [0.1, 0.15) is 54.4 Å². The number of amides is 10. The molecule has 1 fully saturated rings. The molecule has 1 aromatic rings. The van der Waals surface area contributed by atoms with Crippen LogP contribution in [0.1, 0.15) is 124 Å². The molecule has 26 heteroatoms. The van der Waals surface area contributed by atoms with Crippen LogP contribution in [0, 0.1) is 5.92 Å². The minimum Gasteiger partial charge on any atom is -0.391 e. The number of carbonyl (C=O) groups excluding carboxylic acids is 10. The minimum atomic E-state index is -1.66. The van der Waals surface area contributed by atoms with E-state index in [4.69, 9.17) is 22.9 Å². The first kappa shape index (κ1) is 67.8.